The molecule has 0 aliphatic carbocycles. The van der Waals surface area contributed by atoms with E-state index in [4.69, 9.17) is 9.15 Å². The van der Waals surface area contributed by atoms with Gasteiger partial charge in [-0.15, -0.1) is 0 Å². The molecule has 0 aliphatic rings. The number of hydrogen-bond donors (Lipinski definition) is 1. The summed E-state index contributed by atoms with van der Waals surface area (Å²) in [5, 5.41) is 3.73. The molecule has 1 aromatic heterocycles. The lowest BCUT2D eigenvalue weighted by Gasteiger charge is -2.14. The Morgan fingerprint density at radius 1 is 1.12 bits per heavy atom. The van der Waals surface area contributed by atoms with E-state index in [9.17, 15) is 9.59 Å². The first-order valence-corrected chi connectivity index (χ1v) is 8.60. The highest BCUT2D eigenvalue weighted by Gasteiger charge is 2.09. The Morgan fingerprint density at radius 3 is 2.69 bits per heavy atom. The number of carbonyl (C=O) groups excluding carboxylic acids is 1. The number of hydrogen-bond acceptors (Lipinski definition) is 4. The Morgan fingerprint density at radius 2 is 1.88 bits per heavy atom. The monoisotopic (exact) mass is 351 g/mol. The van der Waals surface area contributed by atoms with E-state index < -0.39 is 5.63 Å². The predicted molar refractivity (Wildman–Crippen MR) is 100 cm³/mol. The second kappa shape index (κ2) is 8.34. The van der Waals surface area contributed by atoms with Crippen LogP contribution in [-0.4, -0.2) is 18.6 Å². The normalized spacial score (nSPS) is 11.9. The molecular weight excluding hydrogens is 330 g/mol. The fourth-order valence-corrected chi connectivity index (χ4v) is 2.70. The lowest BCUT2D eigenvalue weighted by molar-refractivity contribution is -0.123. The van der Waals surface area contributed by atoms with Crippen LogP contribution >= 0.6 is 0 Å². The fourth-order valence-electron chi connectivity index (χ4n) is 2.70. The van der Waals surface area contributed by atoms with Gasteiger partial charge in [0, 0.05) is 23.6 Å². The SMILES string of the molecule is CC(CCc1ccccc1)NC(=O)COc1ccc2ccc(=O)oc2c1. The summed E-state index contributed by atoms with van der Waals surface area (Å²) in [7, 11) is 0. The van der Waals surface area contributed by atoms with Gasteiger partial charge in [-0.3, -0.25) is 4.79 Å². The van der Waals surface area contributed by atoms with Crippen LogP contribution in [0.25, 0.3) is 11.0 Å². The zero-order valence-electron chi connectivity index (χ0n) is 14.6. The van der Waals surface area contributed by atoms with Crippen molar-refractivity contribution in [2.75, 3.05) is 6.61 Å². The van der Waals surface area contributed by atoms with Gasteiger partial charge < -0.3 is 14.5 Å². The first kappa shape index (κ1) is 17.7. The Labute approximate surface area is 151 Å². The smallest absolute Gasteiger partial charge is 0.336 e. The van der Waals surface area contributed by atoms with Crippen molar-refractivity contribution < 1.29 is 13.9 Å². The van der Waals surface area contributed by atoms with E-state index in [0.717, 1.165) is 18.2 Å². The third kappa shape index (κ3) is 4.96. The topological polar surface area (TPSA) is 68.5 Å². The fraction of sp³-hybridized carbons (Fsp3) is 0.238. The number of ether oxygens (including phenoxy) is 1. The number of carbonyl (C=O) groups is 1. The van der Waals surface area contributed by atoms with E-state index in [1.165, 1.54) is 11.6 Å². The van der Waals surface area contributed by atoms with Crippen LogP contribution in [0.1, 0.15) is 18.9 Å². The number of aryl methyl sites for hydroxylation is 1. The maximum atomic E-state index is 12.0. The van der Waals surface area contributed by atoms with Gasteiger partial charge in [0.15, 0.2) is 6.61 Å². The molecule has 1 atom stereocenters. The molecule has 3 aromatic rings. The summed E-state index contributed by atoms with van der Waals surface area (Å²) < 4.78 is 10.6. The minimum absolute atomic E-state index is 0.0564. The molecule has 2 aromatic carbocycles. The molecule has 5 heteroatoms. The molecule has 0 saturated heterocycles. The van der Waals surface area contributed by atoms with Gasteiger partial charge >= 0.3 is 5.63 Å². The van der Waals surface area contributed by atoms with Crippen molar-refractivity contribution in [3.63, 3.8) is 0 Å². The molecule has 1 amide bonds. The number of benzene rings is 2. The average molecular weight is 351 g/mol. The van der Waals surface area contributed by atoms with Crippen molar-refractivity contribution in [2.24, 2.45) is 0 Å². The molecule has 0 saturated carbocycles. The maximum Gasteiger partial charge on any atom is 0.336 e. The van der Waals surface area contributed by atoms with Crippen LogP contribution in [0.4, 0.5) is 0 Å². The Bertz CT molecular complexity index is 933. The predicted octanol–water partition coefficient (Wildman–Crippen LogP) is 3.31. The van der Waals surface area contributed by atoms with E-state index in [2.05, 4.69) is 17.4 Å². The molecule has 1 heterocycles. The van der Waals surface area contributed by atoms with Crippen LogP contribution in [0.3, 0.4) is 0 Å². The van der Waals surface area contributed by atoms with Crippen molar-refractivity contribution in [1.82, 2.24) is 5.32 Å². The van der Waals surface area contributed by atoms with Gasteiger partial charge in [-0.25, -0.2) is 4.79 Å². The summed E-state index contributed by atoms with van der Waals surface area (Å²) in [5.74, 6) is 0.305. The van der Waals surface area contributed by atoms with Crippen LogP contribution in [-0.2, 0) is 11.2 Å². The van der Waals surface area contributed by atoms with Crippen molar-refractivity contribution in [3.05, 3.63) is 76.6 Å². The summed E-state index contributed by atoms with van der Waals surface area (Å²) in [4.78, 5) is 23.3. The van der Waals surface area contributed by atoms with Crippen LogP contribution < -0.4 is 15.7 Å². The van der Waals surface area contributed by atoms with E-state index in [1.807, 2.05) is 25.1 Å². The van der Waals surface area contributed by atoms with Gasteiger partial charge in [-0.2, -0.15) is 0 Å². The van der Waals surface area contributed by atoms with Crippen LogP contribution in [0.15, 0.2) is 69.9 Å². The molecule has 0 radical (unpaired) electrons. The highest BCUT2D eigenvalue weighted by Crippen LogP contribution is 2.19. The molecule has 3 rings (SSSR count). The van der Waals surface area contributed by atoms with Crippen molar-refractivity contribution >= 4 is 16.9 Å². The van der Waals surface area contributed by atoms with E-state index in [0.29, 0.717) is 11.3 Å². The first-order chi connectivity index (χ1) is 12.6. The number of nitrogens with one attached hydrogen (secondary N) is 1. The Balaban J connectivity index is 1.48. The highest BCUT2D eigenvalue weighted by atomic mass is 16.5. The molecule has 1 unspecified atom stereocenters. The third-order valence-corrected chi connectivity index (χ3v) is 4.08. The quantitative estimate of drug-likeness (QED) is 0.663. The molecule has 26 heavy (non-hydrogen) atoms. The Kier molecular flexibility index (Phi) is 5.69. The molecule has 5 nitrogen and oxygen atoms in total. The van der Waals surface area contributed by atoms with Crippen LogP contribution in [0.5, 0.6) is 5.75 Å². The summed E-state index contributed by atoms with van der Waals surface area (Å²) in [6.07, 6.45) is 1.77. The maximum absolute atomic E-state index is 12.0. The van der Waals surface area contributed by atoms with Gasteiger partial charge in [-0.1, -0.05) is 30.3 Å². The third-order valence-electron chi connectivity index (χ3n) is 4.08. The van der Waals surface area contributed by atoms with Crippen LogP contribution in [0, 0.1) is 0 Å². The molecule has 1 N–H and O–H groups in total. The van der Waals surface area contributed by atoms with E-state index >= 15 is 0 Å². The van der Waals surface area contributed by atoms with Gasteiger partial charge in [-0.05, 0) is 43.5 Å². The molecule has 0 fully saturated rings. The van der Waals surface area contributed by atoms with Crippen molar-refractivity contribution in [3.8, 4) is 5.75 Å². The molecular formula is C21H21NO4. The standard InChI is InChI=1S/C21H21NO4/c1-15(7-8-16-5-3-2-4-6-16)22-20(23)14-25-18-11-9-17-10-12-21(24)26-19(17)13-18/h2-6,9-13,15H,7-8,14H2,1H3,(H,22,23). The second-order valence-corrected chi connectivity index (χ2v) is 6.24. The van der Waals surface area contributed by atoms with Crippen LogP contribution in [0.2, 0.25) is 0 Å². The lowest BCUT2D eigenvalue weighted by atomic mass is 10.1. The molecule has 134 valence electrons. The zero-order valence-corrected chi connectivity index (χ0v) is 14.6. The second-order valence-electron chi connectivity index (χ2n) is 6.24. The zero-order chi connectivity index (χ0) is 18.4. The number of fused-ring (bicyclic) bond motifs is 1. The largest absolute Gasteiger partial charge is 0.484 e. The first-order valence-electron chi connectivity index (χ1n) is 8.60. The van der Waals surface area contributed by atoms with Crippen molar-refractivity contribution in [2.45, 2.75) is 25.8 Å². The minimum atomic E-state index is -0.417. The van der Waals surface area contributed by atoms with E-state index in [-0.39, 0.29) is 18.6 Å². The van der Waals surface area contributed by atoms with Gasteiger partial charge in [0.05, 0.1) is 0 Å². The van der Waals surface area contributed by atoms with Gasteiger partial charge in [0.2, 0.25) is 0 Å². The van der Waals surface area contributed by atoms with E-state index in [1.54, 1.807) is 24.3 Å². The summed E-state index contributed by atoms with van der Waals surface area (Å²) in [6, 6.07) is 18.4. The lowest BCUT2D eigenvalue weighted by Crippen LogP contribution is -2.36. The van der Waals surface area contributed by atoms with Gasteiger partial charge in [0.1, 0.15) is 11.3 Å². The number of amides is 1. The average Bonchev–Trinajstić information content (AvgIpc) is 2.65. The molecule has 0 bridgehead atoms. The summed E-state index contributed by atoms with van der Waals surface area (Å²) >= 11 is 0. The number of rotatable bonds is 7. The van der Waals surface area contributed by atoms with Crippen molar-refractivity contribution in [1.29, 1.82) is 0 Å². The highest BCUT2D eigenvalue weighted by molar-refractivity contribution is 5.79. The molecule has 0 spiro atoms. The van der Waals surface area contributed by atoms with Gasteiger partial charge in [0.25, 0.3) is 5.91 Å². The summed E-state index contributed by atoms with van der Waals surface area (Å²) in [6.45, 7) is 1.89. The molecule has 0 aliphatic heterocycles. The Hall–Kier alpha value is -3.08. The minimum Gasteiger partial charge on any atom is -0.484 e. The summed E-state index contributed by atoms with van der Waals surface area (Å²) in [5.41, 5.74) is 1.27.